The van der Waals surface area contributed by atoms with Crippen LogP contribution >= 0.6 is 0 Å². The zero-order valence-corrected chi connectivity index (χ0v) is 24.5. The third-order valence-corrected chi connectivity index (χ3v) is 6.69. The lowest BCUT2D eigenvalue weighted by Gasteiger charge is -2.42. The second-order valence-corrected chi connectivity index (χ2v) is 9.30. The molecule has 1 saturated heterocycles. The minimum Gasteiger partial charge on any atom is -0.412 e. The largest absolute Gasteiger partial charge is 0.412 e. The molecule has 5 N–H and O–H groups in total. The summed E-state index contributed by atoms with van der Waals surface area (Å²) in [7, 11) is 1.00. The van der Waals surface area contributed by atoms with E-state index in [2.05, 4.69) is 47.0 Å². The Bertz CT molecular complexity index is 1310. The van der Waals surface area contributed by atoms with Crippen LogP contribution in [0.4, 0.5) is 14.5 Å². The summed E-state index contributed by atoms with van der Waals surface area (Å²) in [6.45, 7) is 19.2. The summed E-state index contributed by atoms with van der Waals surface area (Å²) in [5, 5.41) is 8.88. The fourth-order valence-electron chi connectivity index (χ4n) is 4.39. The van der Waals surface area contributed by atoms with Crippen LogP contribution in [0.2, 0.25) is 0 Å². The van der Waals surface area contributed by atoms with Gasteiger partial charge in [0, 0.05) is 70.3 Å². The van der Waals surface area contributed by atoms with Crippen molar-refractivity contribution in [2.75, 3.05) is 32.5 Å². The zero-order valence-electron chi connectivity index (χ0n) is 24.5. The molecule has 2 aromatic carbocycles. The first-order chi connectivity index (χ1) is 19.2. The molecule has 2 atom stereocenters. The molecule has 1 aromatic heterocycles. The summed E-state index contributed by atoms with van der Waals surface area (Å²) in [5.41, 5.74) is 9.38. The van der Waals surface area contributed by atoms with E-state index in [4.69, 9.17) is 15.6 Å². The van der Waals surface area contributed by atoms with E-state index in [0.29, 0.717) is 11.6 Å². The van der Waals surface area contributed by atoms with Crippen LogP contribution in [-0.4, -0.2) is 64.9 Å². The average molecular weight is 573 g/mol. The van der Waals surface area contributed by atoms with Crippen LogP contribution in [0.1, 0.15) is 39.4 Å². The molecule has 1 fully saturated rings. The Morgan fingerprint density at radius 2 is 1.80 bits per heavy atom. The maximum absolute atomic E-state index is 14.1. The maximum atomic E-state index is 14.1. The highest BCUT2D eigenvalue weighted by molar-refractivity contribution is 5.51. The van der Waals surface area contributed by atoms with Crippen molar-refractivity contribution in [3.05, 3.63) is 107 Å². The Morgan fingerprint density at radius 3 is 2.34 bits per heavy atom. The number of nitrogens with zero attached hydrogens (tertiary/aromatic N) is 3. The molecule has 1 aliphatic heterocycles. The third-order valence-electron chi connectivity index (χ3n) is 6.69. The number of carbonyl (C=O) groups excluding carboxylic acids is 1. The van der Waals surface area contributed by atoms with Gasteiger partial charge in [-0.25, -0.2) is 8.78 Å². The fourth-order valence-corrected chi connectivity index (χ4v) is 4.39. The second kappa shape index (κ2) is 19.3. The average Bonchev–Trinajstić information content (AvgIpc) is 2.97. The highest BCUT2D eigenvalue weighted by Gasteiger charge is 2.28. The van der Waals surface area contributed by atoms with Crippen molar-refractivity contribution in [3.8, 4) is 0 Å². The number of benzene rings is 2. The van der Waals surface area contributed by atoms with Crippen molar-refractivity contribution in [3.63, 3.8) is 0 Å². The lowest BCUT2D eigenvalue weighted by molar-refractivity contribution is -0.0980. The Hall–Kier alpha value is -3.76. The van der Waals surface area contributed by atoms with Gasteiger partial charge in [0.15, 0.2) is 0 Å². The Kier molecular flexibility index (Phi) is 17.6. The van der Waals surface area contributed by atoms with Crippen LogP contribution in [0.15, 0.2) is 73.4 Å². The summed E-state index contributed by atoms with van der Waals surface area (Å²) >= 11 is 0. The van der Waals surface area contributed by atoms with E-state index in [1.54, 1.807) is 18.3 Å². The highest BCUT2D eigenvalue weighted by Crippen LogP contribution is 2.26. The van der Waals surface area contributed by atoms with E-state index < -0.39 is 11.6 Å². The molecular weight excluding hydrogens is 526 g/mol. The van der Waals surface area contributed by atoms with Crippen molar-refractivity contribution >= 4 is 24.6 Å². The molecule has 226 valence electrons. The van der Waals surface area contributed by atoms with Crippen LogP contribution in [-0.2, 0) is 11.3 Å². The molecule has 0 spiro atoms. The minimum absolute atomic E-state index is 0. The van der Waals surface area contributed by atoms with E-state index >= 15 is 0 Å². The predicted molar refractivity (Wildman–Crippen MR) is 166 cm³/mol. The number of carbonyl (C=O) groups is 1. The van der Waals surface area contributed by atoms with Crippen LogP contribution in [0.3, 0.4) is 0 Å². The van der Waals surface area contributed by atoms with Crippen LogP contribution in [0.25, 0.3) is 12.2 Å². The highest BCUT2D eigenvalue weighted by atomic mass is 19.1. The standard InChI is InChI=1S/C20H25F2N3.C10H11N.CH4O.CH2O.H2O.H2/c1-14-12-25(15(2)19-8-5-17(21)11-20(19)22)10-9-24(14)13-16-3-6-18(23)7-4-16;1-4-8(2)10-9(3)6-5-7-11-10;2*1-2;;/h3-8,11,14-15H,9-10,12-13,23H2,1-2H3;4-7H,1,3H2,2H3;2H,1H3;1H2;1H2;1H/b;10-8+;;;;/t14-,15?;;;;;/m0...../s1. The van der Waals surface area contributed by atoms with Gasteiger partial charge in [-0.1, -0.05) is 43.5 Å². The predicted octanol–water partition coefficient (Wildman–Crippen LogP) is 3.51. The number of halogens is 2. The van der Waals surface area contributed by atoms with E-state index in [-0.39, 0.29) is 12.9 Å². The van der Waals surface area contributed by atoms with E-state index in [0.717, 1.165) is 61.2 Å². The molecule has 3 aromatic rings. The number of anilines is 1. The van der Waals surface area contributed by atoms with Gasteiger partial charge in [-0.3, -0.25) is 14.8 Å². The molecule has 0 bridgehead atoms. The van der Waals surface area contributed by atoms with Crippen molar-refractivity contribution in [1.82, 2.24) is 14.8 Å². The molecule has 7 nitrogen and oxygen atoms in total. The fraction of sp³-hybridized carbons (Fsp3) is 0.312. The van der Waals surface area contributed by atoms with Gasteiger partial charge in [-0.05, 0) is 61.4 Å². The lowest BCUT2D eigenvalue weighted by Crippen LogP contribution is -2.51. The summed E-state index contributed by atoms with van der Waals surface area (Å²) in [4.78, 5) is 16.9. The van der Waals surface area contributed by atoms with Crippen molar-refractivity contribution in [2.45, 2.75) is 39.4 Å². The topological polar surface area (TPSA) is 114 Å². The number of nitrogen functional groups attached to an aromatic ring is 1. The Labute approximate surface area is 243 Å². The Morgan fingerprint density at radius 1 is 1.17 bits per heavy atom. The van der Waals surface area contributed by atoms with Crippen LogP contribution < -0.4 is 16.3 Å². The minimum atomic E-state index is -0.532. The number of aliphatic hydroxyl groups excluding tert-OH is 1. The van der Waals surface area contributed by atoms with Gasteiger partial charge in [0.1, 0.15) is 18.4 Å². The number of pyridine rings is 1. The van der Waals surface area contributed by atoms with Crippen LogP contribution in [0.5, 0.6) is 0 Å². The smallest absolute Gasteiger partial charge is 0.130 e. The molecule has 0 aliphatic carbocycles. The number of nitrogens with two attached hydrogens (primary N) is 1. The van der Waals surface area contributed by atoms with Crippen molar-refractivity contribution < 1.29 is 25.6 Å². The molecule has 41 heavy (non-hydrogen) atoms. The summed E-state index contributed by atoms with van der Waals surface area (Å²) in [6.07, 6.45) is 3.55. The zero-order chi connectivity index (χ0) is 30.2. The number of aromatic nitrogens is 1. The van der Waals surface area contributed by atoms with E-state index in [1.165, 1.54) is 11.6 Å². The van der Waals surface area contributed by atoms with E-state index in [9.17, 15) is 8.78 Å². The number of hydrogen-bond acceptors (Lipinski definition) is 6. The van der Waals surface area contributed by atoms with E-state index in [1.807, 2.05) is 44.9 Å². The molecule has 1 aliphatic rings. The lowest BCUT2D eigenvalue weighted by atomic mass is 10.0. The number of allylic oxidation sites excluding steroid dienone is 1. The quantitative estimate of drug-likeness (QED) is 0.453. The molecule has 9 heteroatoms. The third kappa shape index (κ3) is 11.3. The monoisotopic (exact) mass is 572 g/mol. The van der Waals surface area contributed by atoms with Gasteiger partial charge in [0.05, 0.1) is 5.35 Å². The van der Waals surface area contributed by atoms with Gasteiger partial charge in [-0.2, -0.15) is 0 Å². The van der Waals surface area contributed by atoms with Gasteiger partial charge in [-0.15, -0.1) is 0 Å². The second-order valence-electron chi connectivity index (χ2n) is 9.30. The molecule has 0 amide bonds. The molecular formula is C32H46F2N4O3. The summed E-state index contributed by atoms with van der Waals surface area (Å²) in [6, 6.07) is 15.9. The summed E-state index contributed by atoms with van der Waals surface area (Å²) < 4.78 is 27.2. The SMILES string of the molecule is C=C/C(C)=c1/ncccc1=C.C=O.CC(c1ccc(F)cc1F)N1CCN(Cc2ccc(N)cc2)[C@@H](C)C1.CO.O.[HH]. The molecule has 1 unspecified atom stereocenters. The van der Waals surface area contributed by atoms with Gasteiger partial charge in [0.2, 0.25) is 0 Å². The maximum Gasteiger partial charge on any atom is 0.130 e. The molecule has 0 saturated carbocycles. The van der Waals surface area contributed by atoms with Gasteiger partial charge >= 0.3 is 0 Å². The number of aliphatic hydroxyl groups is 1. The normalized spacial score (nSPS) is 16.1. The Balaban J connectivity index is 0. The van der Waals surface area contributed by atoms with Crippen molar-refractivity contribution in [1.29, 1.82) is 0 Å². The first-order valence-electron chi connectivity index (χ1n) is 12.9. The molecule has 4 rings (SSSR count). The number of piperazine rings is 1. The number of rotatable bonds is 5. The number of hydrogen-bond donors (Lipinski definition) is 2. The molecule has 0 radical (unpaired) electrons. The molecule has 2 heterocycles. The van der Waals surface area contributed by atoms with Gasteiger partial charge in [0.25, 0.3) is 0 Å². The van der Waals surface area contributed by atoms with Crippen LogP contribution in [0, 0.1) is 11.6 Å². The summed E-state index contributed by atoms with van der Waals surface area (Å²) in [5.74, 6) is -1.00. The van der Waals surface area contributed by atoms with Crippen molar-refractivity contribution in [2.24, 2.45) is 0 Å². The van der Waals surface area contributed by atoms with Gasteiger partial charge < -0.3 is 21.1 Å². The first-order valence-corrected chi connectivity index (χ1v) is 12.9. The first kappa shape index (κ1) is 37.2.